The van der Waals surface area contributed by atoms with E-state index in [2.05, 4.69) is 32.6 Å². The maximum Gasteiger partial charge on any atom is 0.332 e. The highest BCUT2D eigenvalue weighted by Crippen LogP contribution is 2.75. The molecule has 1 spiro atoms. The summed E-state index contributed by atoms with van der Waals surface area (Å²) < 4.78 is 5.80. The van der Waals surface area contributed by atoms with E-state index in [1.54, 1.807) is 0 Å². The van der Waals surface area contributed by atoms with Crippen LogP contribution in [-0.2, 0) is 4.79 Å². The Kier molecular flexibility index (Phi) is 5.98. The largest absolute Gasteiger partial charge is 0.492 e. The summed E-state index contributed by atoms with van der Waals surface area (Å²) in [7, 11) is 4.05. The highest BCUT2D eigenvalue weighted by molar-refractivity contribution is 5.94. The van der Waals surface area contributed by atoms with Crippen LogP contribution in [-0.4, -0.2) is 43.2 Å². The van der Waals surface area contributed by atoms with Crippen molar-refractivity contribution in [1.29, 1.82) is 0 Å². The highest BCUT2D eigenvalue weighted by Gasteiger charge is 2.68. The van der Waals surface area contributed by atoms with E-state index in [-0.39, 0.29) is 10.8 Å². The third kappa shape index (κ3) is 3.69. The van der Waals surface area contributed by atoms with E-state index in [0.717, 1.165) is 36.1 Å². The van der Waals surface area contributed by atoms with E-state index >= 15 is 0 Å². The van der Waals surface area contributed by atoms with Crippen LogP contribution in [0.25, 0.3) is 6.08 Å². The Morgan fingerprint density at radius 1 is 1.12 bits per heavy atom. The van der Waals surface area contributed by atoms with Crippen molar-refractivity contribution in [1.82, 2.24) is 4.90 Å². The van der Waals surface area contributed by atoms with Crippen molar-refractivity contribution in [2.45, 2.75) is 59.8 Å². The van der Waals surface area contributed by atoms with Crippen molar-refractivity contribution >= 4 is 12.0 Å². The van der Waals surface area contributed by atoms with Gasteiger partial charge in [0.25, 0.3) is 0 Å². The number of carboxylic acid groups (broad SMARTS) is 1. The molecule has 2 bridgehead atoms. The molecule has 3 aliphatic rings. The second-order valence-electron chi connectivity index (χ2n) is 11.8. The number of hydrogen-bond acceptors (Lipinski definition) is 3. The van der Waals surface area contributed by atoms with E-state index in [1.807, 2.05) is 44.4 Å². The Hall–Kier alpha value is -1.81. The number of nitrogens with zero attached hydrogens (tertiary/aromatic N) is 1. The van der Waals surface area contributed by atoms with Gasteiger partial charge in [-0.1, -0.05) is 39.8 Å². The van der Waals surface area contributed by atoms with E-state index in [9.17, 15) is 9.90 Å². The maximum absolute atomic E-state index is 12.6. The molecule has 176 valence electrons. The molecule has 4 heteroatoms. The highest BCUT2D eigenvalue weighted by atomic mass is 16.5. The molecule has 1 N–H and O–H groups in total. The number of carboxylic acids is 1. The Morgan fingerprint density at radius 3 is 2.44 bits per heavy atom. The van der Waals surface area contributed by atoms with Gasteiger partial charge in [-0.3, -0.25) is 0 Å². The van der Waals surface area contributed by atoms with Gasteiger partial charge in [0.05, 0.1) is 0 Å². The summed E-state index contributed by atoms with van der Waals surface area (Å²) in [6.45, 7) is 11.0. The molecule has 0 amide bonds. The van der Waals surface area contributed by atoms with Crippen LogP contribution in [0.1, 0.15) is 65.4 Å². The van der Waals surface area contributed by atoms with Crippen molar-refractivity contribution in [3.05, 3.63) is 35.4 Å². The van der Waals surface area contributed by atoms with Gasteiger partial charge in [-0.15, -0.1) is 0 Å². The van der Waals surface area contributed by atoms with E-state index in [4.69, 9.17) is 4.74 Å². The van der Waals surface area contributed by atoms with Crippen molar-refractivity contribution in [3.8, 4) is 5.75 Å². The number of fused-ring (bicyclic) bond motifs is 1. The molecule has 1 aromatic rings. The van der Waals surface area contributed by atoms with Gasteiger partial charge >= 0.3 is 5.97 Å². The number of carbonyl (C=O) groups is 1. The van der Waals surface area contributed by atoms with E-state index in [0.29, 0.717) is 23.5 Å². The van der Waals surface area contributed by atoms with Crippen LogP contribution >= 0.6 is 0 Å². The Bertz CT molecular complexity index is 886. The quantitative estimate of drug-likeness (QED) is 0.532. The first kappa shape index (κ1) is 23.4. The fourth-order valence-electron chi connectivity index (χ4n) is 7.88. The van der Waals surface area contributed by atoms with Crippen LogP contribution in [0.2, 0.25) is 0 Å². The Balaban J connectivity index is 1.60. The molecular weight excluding hydrogens is 398 g/mol. The van der Waals surface area contributed by atoms with Crippen LogP contribution < -0.4 is 4.74 Å². The molecule has 1 aromatic carbocycles. The lowest BCUT2D eigenvalue weighted by molar-refractivity contribution is -0.135. The standard InChI is InChI=1S/C28H41NO3/c1-19-7-12-23-26(2,3)24-18-28(19,23)14-13-27(24,4)22(25(30)31)17-20-8-10-21(11-9-20)32-16-15-29(5)6/h8-11,17,19,23-24H,7,12-16,18H2,1-6H3,(H,30,31)/b22-17+/t19-,23+,24-,27+,28+/m1/s1. The molecule has 3 aliphatic carbocycles. The SMILES string of the molecule is C[C@@H]1CC[C@H]2C(C)(C)[C@H]3C[C@@]12CC[C@@]3(C)/C(=C/c1ccc(OCCN(C)C)cc1)C(=O)O. The van der Waals surface area contributed by atoms with Crippen molar-refractivity contribution in [2.24, 2.45) is 34.0 Å². The predicted molar refractivity (Wildman–Crippen MR) is 130 cm³/mol. The number of rotatable bonds is 7. The molecule has 3 saturated carbocycles. The third-order valence-corrected chi connectivity index (χ3v) is 9.67. The minimum absolute atomic E-state index is 0.175. The molecule has 0 unspecified atom stereocenters. The predicted octanol–water partition coefficient (Wildman–Crippen LogP) is 5.97. The summed E-state index contributed by atoms with van der Waals surface area (Å²) in [6.07, 6.45) is 7.90. The summed E-state index contributed by atoms with van der Waals surface area (Å²) in [6, 6.07) is 7.87. The molecule has 0 radical (unpaired) electrons. The lowest BCUT2D eigenvalue weighted by Gasteiger charge is -2.48. The number of aliphatic carboxylic acids is 1. The summed E-state index contributed by atoms with van der Waals surface area (Å²) in [5, 5.41) is 10.3. The van der Waals surface area contributed by atoms with Crippen LogP contribution in [0, 0.1) is 34.0 Å². The molecule has 4 nitrogen and oxygen atoms in total. The number of hydrogen-bond donors (Lipinski definition) is 1. The van der Waals surface area contributed by atoms with Crippen LogP contribution in [0.15, 0.2) is 29.8 Å². The fraction of sp³-hybridized carbons (Fsp3) is 0.679. The minimum atomic E-state index is -0.768. The lowest BCUT2D eigenvalue weighted by Crippen LogP contribution is -2.42. The molecule has 4 rings (SSSR count). The van der Waals surface area contributed by atoms with Crippen LogP contribution in [0.3, 0.4) is 0 Å². The molecule has 5 atom stereocenters. The first-order valence-electron chi connectivity index (χ1n) is 12.3. The Morgan fingerprint density at radius 2 is 1.81 bits per heavy atom. The molecule has 0 aliphatic heterocycles. The first-order valence-corrected chi connectivity index (χ1v) is 12.3. The smallest absolute Gasteiger partial charge is 0.332 e. The zero-order chi connectivity index (χ0) is 23.3. The van der Waals surface area contributed by atoms with Gasteiger partial charge in [0, 0.05) is 17.5 Å². The molecule has 0 heterocycles. The number of ether oxygens (including phenoxy) is 1. The Labute approximate surface area is 194 Å². The normalized spacial score (nSPS) is 35.7. The van der Waals surface area contributed by atoms with E-state index < -0.39 is 5.97 Å². The fourth-order valence-corrected chi connectivity index (χ4v) is 7.88. The van der Waals surface area contributed by atoms with Gasteiger partial charge < -0.3 is 14.7 Å². The second kappa shape index (κ2) is 8.20. The first-order chi connectivity index (χ1) is 15.0. The third-order valence-electron chi connectivity index (χ3n) is 9.67. The average molecular weight is 440 g/mol. The van der Waals surface area contributed by atoms with Crippen molar-refractivity contribution in [3.63, 3.8) is 0 Å². The molecular formula is C28H41NO3. The second-order valence-corrected chi connectivity index (χ2v) is 11.8. The summed E-state index contributed by atoms with van der Waals surface area (Å²) in [5.74, 6) is 1.96. The molecule has 32 heavy (non-hydrogen) atoms. The number of likely N-dealkylation sites (N-methyl/N-ethyl adjacent to an activating group) is 1. The maximum atomic E-state index is 12.6. The summed E-state index contributed by atoms with van der Waals surface area (Å²) in [5.41, 5.74) is 1.83. The summed E-state index contributed by atoms with van der Waals surface area (Å²) in [4.78, 5) is 14.7. The monoisotopic (exact) mass is 439 g/mol. The van der Waals surface area contributed by atoms with Crippen molar-refractivity contribution in [2.75, 3.05) is 27.2 Å². The zero-order valence-corrected chi connectivity index (χ0v) is 20.8. The summed E-state index contributed by atoms with van der Waals surface area (Å²) >= 11 is 0. The van der Waals surface area contributed by atoms with Gasteiger partial charge in [0.15, 0.2) is 0 Å². The van der Waals surface area contributed by atoms with Gasteiger partial charge in [0.1, 0.15) is 12.4 Å². The zero-order valence-electron chi connectivity index (χ0n) is 20.8. The lowest BCUT2D eigenvalue weighted by atomic mass is 9.56. The van der Waals surface area contributed by atoms with E-state index in [1.165, 1.54) is 25.7 Å². The minimum Gasteiger partial charge on any atom is -0.492 e. The van der Waals surface area contributed by atoms with Crippen LogP contribution in [0.4, 0.5) is 0 Å². The molecule has 0 saturated heterocycles. The number of benzene rings is 1. The molecule has 3 fully saturated rings. The van der Waals surface area contributed by atoms with Gasteiger partial charge in [-0.25, -0.2) is 4.79 Å². The van der Waals surface area contributed by atoms with Crippen LogP contribution in [0.5, 0.6) is 5.75 Å². The molecule has 0 aromatic heterocycles. The van der Waals surface area contributed by atoms with Crippen molar-refractivity contribution < 1.29 is 14.6 Å². The van der Waals surface area contributed by atoms with Gasteiger partial charge in [-0.05, 0) is 98.6 Å². The average Bonchev–Trinajstić information content (AvgIpc) is 3.15. The van der Waals surface area contributed by atoms with Gasteiger partial charge in [0.2, 0.25) is 0 Å². The van der Waals surface area contributed by atoms with Gasteiger partial charge in [-0.2, -0.15) is 0 Å². The topological polar surface area (TPSA) is 49.8 Å².